The summed E-state index contributed by atoms with van der Waals surface area (Å²) < 4.78 is 0. The molecule has 0 saturated carbocycles. The Bertz CT molecular complexity index is 296. The highest BCUT2D eigenvalue weighted by Gasteiger charge is 2.37. The van der Waals surface area contributed by atoms with Gasteiger partial charge in [-0.15, -0.1) is 0 Å². The van der Waals surface area contributed by atoms with Gasteiger partial charge < -0.3 is 10.2 Å². The minimum atomic E-state index is -0.342. The lowest BCUT2D eigenvalue weighted by molar-refractivity contribution is -0.147. The second-order valence-corrected chi connectivity index (χ2v) is 5.61. The molecular weight excluding hydrogens is 236 g/mol. The minimum Gasteiger partial charge on any atom is -0.342 e. The highest BCUT2D eigenvalue weighted by molar-refractivity contribution is 7.98. The van der Waals surface area contributed by atoms with Crippen LogP contribution in [-0.4, -0.2) is 47.4 Å². The van der Waals surface area contributed by atoms with E-state index in [2.05, 4.69) is 5.32 Å². The molecule has 1 heterocycles. The molecule has 1 fully saturated rings. The molecule has 0 aromatic carbocycles. The smallest absolute Gasteiger partial charge is 0.246 e. The van der Waals surface area contributed by atoms with E-state index in [1.807, 2.05) is 27.0 Å². The van der Waals surface area contributed by atoms with Crippen LogP contribution in [0.4, 0.5) is 0 Å². The van der Waals surface area contributed by atoms with Crippen molar-refractivity contribution in [1.29, 1.82) is 0 Å². The van der Waals surface area contributed by atoms with E-state index >= 15 is 0 Å². The summed E-state index contributed by atoms with van der Waals surface area (Å²) >= 11 is 1.70. The first-order valence-electron chi connectivity index (χ1n) is 6.10. The molecule has 98 valence electrons. The fraction of sp³-hybridized carbons (Fsp3) is 0.833. The average Bonchev–Trinajstić information content (AvgIpc) is 2.30. The van der Waals surface area contributed by atoms with Crippen molar-refractivity contribution in [3.8, 4) is 0 Å². The number of thioether (sulfide) groups is 1. The lowest BCUT2D eigenvalue weighted by Gasteiger charge is -2.38. The summed E-state index contributed by atoms with van der Waals surface area (Å²) in [5.74, 6) is 1.09. The summed E-state index contributed by atoms with van der Waals surface area (Å²) in [5, 5.41) is 2.81. The van der Waals surface area contributed by atoms with Gasteiger partial charge in [0.15, 0.2) is 0 Å². The van der Waals surface area contributed by atoms with Crippen LogP contribution in [0.5, 0.6) is 0 Å². The minimum absolute atomic E-state index is 0.0390. The van der Waals surface area contributed by atoms with Crippen LogP contribution >= 0.6 is 11.8 Å². The monoisotopic (exact) mass is 258 g/mol. The van der Waals surface area contributed by atoms with Gasteiger partial charge in [-0.3, -0.25) is 9.59 Å². The van der Waals surface area contributed by atoms with E-state index in [0.29, 0.717) is 0 Å². The van der Waals surface area contributed by atoms with Crippen LogP contribution in [0.2, 0.25) is 0 Å². The van der Waals surface area contributed by atoms with Crippen LogP contribution in [0, 0.1) is 5.92 Å². The van der Waals surface area contributed by atoms with E-state index in [9.17, 15) is 9.59 Å². The highest BCUT2D eigenvalue weighted by atomic mass is 32.2. The Morgan fingerprint density at radius 1 is 1.47 bits per heavy atom. The van der Waals surface area contributed by atoms with E-state index in [1.54, 1.807) is 16.7 Å². The Hall–Kier alpha value is -0.710. The van der Waals surface area contributed by atoms with Gasteiger partial charge in [-0.2, -0.15) is 11.8 Å². The van der Waals surface area contributed by atoms with Gasteiger partial charge in [-0.05, 0) is 19.1 Å². The maximum absolute atomic E-state index is 12.3. The molecule has 0 spiro atoms. The van der Waals surface area contributed by atoms with Crippen molar-refractivity contribution >= 4 is 23.6 Å². The van der Waals surface area contributed by atoms with Crippen molar-refractivity contribution in [1.82, 2.24) is 10.2 Å². The summed E-state index contributed by atoms with van der Waals surface area (Å²) in [5.41, 5.74) is 0. The Morgan fingerprint density at radius 2 is 2.12 bits per heavy atom. The first-order valence-corrected chi connectivity index (χ1v) is 7.49. The Balaban J connectivity index is 2.78. The van der Waals surface area contributed by atoms with Gasteiger partial charge in [-0.25, -0.2) is 0 Å². The third kappa shape index (κ3) is 3.37. The molecule has 17 heavy (non-hydrogen) atoms. The topological polar surface area (TPSA) is 49.4 Å². The van der Waals surface area contributed by atoms with Crippen molar-refractivity contribution in [3.05, 3.63) is 0 Å². The number of piperazine rings is 1. The van der Waals surface area contributed by atoms with Crippen LogP contribution in [-0.2, 0) is 9.59 Å². The highest BCUT2D eigenvalue weighted by Crippen LogP contribution is 2.17. The number of amides is 2. The Morgan fingerprint density at radius 3 is 2.65 bits per heavy atom. The van der Waals surface area contributed by atoms with E-state index in [-0.39, 0.29) is 36.4 Å². The quantitative estimate of drug-likeness (QED) is 0.803. The summed E-state index contributed by atoms with van der Waals surface area (Å²) in [6.07, 6.45) is 2.90. The predicted molar refractivity (Wildman–Crippen MR) is 70.9 cm³/mol. The Labute approximate surface area is 108 Å². The number of rotatable bonds is 5. The molecule has 1 aliphatic rings. The molecule has 0 radical (unpaired) electrons. The molecule has 0 aromatic heterocycles. The molecule has 4 nitrogen and oxygen atoms in total. The van der Waals surface area contributed by atoms with Gasteiger partial charge in [0.1, 0.15) is 6.04 Å². The lowest BCUT2D eigenvalue weighted by atomic mass is 9.95. The zero-order valence-electron chi connectivity index (χ0n) is 11.0. The molecule has 5 heteroatoms. The molecular formula is C12H22N2O2S. The maximum atomic E-state index is 12.3. The summed E-state index contributed by atoms with van der Waals surface area (Å²) in [6.45, 7) is 6.24. The first-order chi connectivity index (χ1) is 8.01. The average molecular weight is 258 g/mol. The maximum Gasteiger partial charge on any atom is 0.246 e. The molecule has 1 rings (SSSR count). The SMILES string of the molecule is CCC(C)C1NC(=O)CN(C(C)CSC)C1=O. The molecule has 0 aromatic rings. The number of hydrogen-bond acceptors (Lipinski definition) is 3. The van der Waals surface area contributed by atoms with Gasteiger partial charge in [0, 0.05) is 11.8 Å². The predicted octanol–water partition coefficient (Wildman–Crippen LogP) is 1.11. The lowest BCUT2D eigenvalue weighted by Crippen LogP contribution is -2.62. The number of carbonyl (C=O) groups is 2. The number of hydrogen-bond donors (Lipinski definition) is 1. The van der Waals surface area contributed by atoms with Gasteiger partial charge in [0.05, 0.1) is 6.54 Å². The first kappa shape index (κ1) is 14.4. The zero-order valence-corrected chi connectivity index (χ0v) is 11.8. The fourth-order valence-corrected chi connectivity index (χ4v) is 2.68. The normalized spacial score (nSPS) is 24.5. The number of nitrogens with zero attached hydrogens (tertiary/aromatic N) is 1. The summed E-state index contributed by atoms with van der Waals surface area (Å²) in [7, 11) is 0. The standard InChI is InChI=1S/C12H22N2O2S/c1-5-8(2)11-12(16)14(6-10(15)13-11)9(3)7-17-4/h8-9,11H,5-7H2,1-4H3,(H,13,15). The Kier molecular flexibility index (Phi) is 5.31. The van der Waals surface area contributed by atoms with Gasteiger partial charge in [0.25, 0.3) is 0 Å². The fourth-order valence-electron chi connectivity index (χ4n) is 2.02. The van der Waals surface area contributed by atoms with Crippen molar-refractivity contribution in [3.63, 3.8) is 0 Å². The van der Waals surface area contributed by atoms with E-state index in [1.165, 1.54) is 0 Å². The van der Waals surface area contributed by atoms with Crippen molar-refractivity contribution in [2.45, 2.75) is 39.3 Å². The third-order valence-electron chi connectivity index (χ3n) is 3.33. The largest absolute Gasteiger partial charge is 0.342 e. The third-order valence-corrected chi connectivity index (χ3v) is 4.15. The molecule has 1 aliphatic heterocycles. The molecule has 3 atom stereocenters. The van der Waals surface area contributed by atoms with Crippen molar-refractivity contribution in [2.75, 3.05) is 18.6 Å². The van der Waals surface area contributed by atoms with E-state index in [0.717, 1.165) is 12.2 Å². The molecule has 3 unspecified atom stereocenters. The van der Waals surface area contributed by atoms with Crippen LogP contribution in [0.25, 0.3) is 0 Å². The molecule has 2 amide bonds. The van der Waals surface area contributed by atoms with Crippen LogP contribution in [0.1, 0.15) is 27.2 Å². The van der Waals surface area contributed by atoms with Crippen LogP contribution in [0.3, 0.4) is 0 Å². The van der Waals surface area contributed by atoms with E-state index in [4.69, 9.17) is 0 Å². The second kappa shape index (κ2) is 6.28. The van der Waals surface area contributed by atoms with Crippen LogP contribution in [0.15, 0.2) is 0 Å². The molecule has 0 bridgehead atoms. The van der Waals surface area contributed by atoms with Gasteiger partial charge in [-0.1, -0.05) is 20.3 Å². The molecule has 0 aliphatic carbocycles. The molecule has 1 saturated heterocycles. The summed E-state index contributed by atoms with van der Waals surface area (Å²) in [6, 6.07) is -0.222. The number of nitrogens with one attached hydrogen (secondary N) is 1. The van der Waals surface area contributed by atoms with Crippen molar-refractivity contribution < 1.29 is 9.59 Å². The zero-order chi connectivity index (χ0) is 13.0. The summed E-state index contributed by atoms with van der Waals surface area (Å²) in [4.78, 5) is 25.7. The molecule has 1 N–H and O–H groups in total. The second-order valence-electron chi connectivity index (χ2n) is 4.70. The van der Waals surface area contributed by atoms with Gasteiger partial charge in [0.2, 0.25) is 11.8 Å². The van der Waals surface area contributed by atoms with Crippen molar-refractivity contribution in [2.24, 2.45) is 5.92 Å². The number of carbonyl (C=O) groups excluding carboxylic acids is 2. The van der Waals surface area contributed by atoms with Gasteiger partial charge >= 0.3 is 0 Å². The van der Waals surface area contributed by atoms with E-state index < -0.39 is 0 Å². The van der Waals surface area contributed by atoms with Crippen LogP contribution < -0.4 is 5.32 Å².